The third-order valence-corrected chi connectivity index (χ3v) is 6.67. The lowest BCUT2D eigenvalue weighted by Gasteiger charge is -2.19. The molecule has 144 valence electrons. The van der Waals surface area contributed by atoms with Crippen LogP contribution in [0.4, 0.5) is 0 Å². The molecule has 3 aromatic rings. The van der Waals surface area contributed by atoms with Gasteiger partial charge in [-0.1, -0.05) is 35.8 Å². The average Bonchev–Trinajstić information content (AvgIpc) is 3.26. The van der Waals surface area contributed by atoms with E-state index >= 15 is 0 Å². The Morgan fingerprint density at radius 3 is 2.56 bits per heavy atom. The Hall–Kier alpha value is -2.23. The summed E-state index contributed by atoms with van der Waals surface area (Å²) in [4.78, 5) is 4.34. The van der Waals surface area contributed by atoms with Gasteiger partial charge in [-0.25, -0.2) is 8.42 Å². The maximum absolute atomic E-state index is 12.8. The highest BCUT2D eigenvalue weighted by Crippen LogP contribution is 2.29. The number of hydrogen-bond donors (Lipinski definition) is 0. The van der Waals surface area contributed by atoms with Crippen LogP contribution in [0, 0.1) is 6.92 Å². The quantitative estimate of drug-likeness (QED) is 0.588. The molecule has 0 saturated heterocycles. The van der Waals surface area contributed by atoms with Crippen molar-refractivity contribution in [2.24, 2.45) is 0 Å². The first-order valence-corrected chi connectivity index (χ1v) is 10.2. The molecule has 0 saturated carbocycles. The van der Waals surface area contributed by atoms with Crippen LogP contribution >= 0.6 is 11.6 Å². The number of nitrogens with zero attached hydrogens (tertiary/aromatic N) is 4. The van der Waals surface area contributed by atoms with Crippen molar-refractivity contribution in [1.82, 2.24) is 19.6 Å². The maximum Gasteiger partial charge on any atom is 0.257 e. The van der Waals surface area contributed by atoms with E-state index in [4.69, 9.17) is 20.6 Å². The van der Waals surface area contributed by atoms with Crippen LogP contribution in [0.3, 0.4) is 0 Å². The SMILES string of the molecule is CCN(CC)S(=O)(=O)c1cc(-c2nc(Cc3nocc3C)no2)ccc1Cl. The second kappa shape index (κ2) is 7.79. The van der Waals surface area contributed by atoms with Crippen molar-refractivity contribution in [3.05, 3.63) is 46.6 Å². The van der Waals surface area contributed by atoms with Crippen LogP contribution in [0.2, 0.25) is 5.02 Å². The minimum absolute atomic E-state index is 0.0115. The highest BCUT2D eigenvalue weighted by Gasteiger charge is 2.25. The highest BCUT2D eigenvalue weighted by molar-refractivity contribution is 7.89. The number of sulfonamides is 1. The highest BCUT2D eigenvalue weighted by atomic mass is 35.5. The third-order valence-electron chi connectivity index (χ3n) is 4.14. The monoisotopic (exact) mass is 410 g/mol. The summed E-state index contributed by atoms with van der Waals surface area (Å²) in [5.41, 5.74) is 2.07. The van der Waals surface area contributed by atoms with Gasteiger partial charge in [0.2, 0.25) is 10.0 Å². The van der Waals surface area contributed by atoms with Gasteiger partial charge in [-0.05, 0) is 25.1 Å². The van der Waals surface area contributed by atoms with Crippen molar-refractivity contribution in [1.29, 1.82) is 0 Å². The van der Waals surface area contributed by atoms with Crippen LogP contribution in [-0.2, 0) is 16.4 Å². The first kappa shape index (κ1) is 19.5. The van der Waals surface area contributed by atoms with Crippen molar-refractivity contribution < 1.29 is 17.5 Å². The van der Waals surface area contributed by atoms with E-state index in [2.05, 4.69) is 15.3 Å². The second-order valence-corrected chi connectivity index (χ2v) is 8.18. The predicted octanol–water partition coefficient (Wildman–Crippen LogP) is 3.31. The molecule has 0 aliphatic carbocycles. The van der Waals surface area contributed by atoms with Gasteiger partial charge in [-0.15, -0.1) is 0 Å². The van der Waals surface area contributed by atoms with Gasteiger partial charge in [0.05, 0.1) is 17.1 Å². The molecule has 0 aliphatic rings. The fourth-order valence-electron chi connectivity index (χ4n) is 2.61. The number of aromatic nitrogens is 3. The fourth-order valence-corrected chi connectivity index (χ4v) is 4.57. The van der Waals surface area contributed by atoms with E-state index < -0.39 is 10.0 Å². The average molecular weight is 411 g/mol. The van der Waals surface area contributed by atoms with E-state index in [-0.39, 0.29) is 15.8 Å². The molecule has 0 spiro atoms. The van der Waals surface area contributed by atoms with Gasteiger partial charge >= 0.3 is 0 Å². The molecule has 0 bridgehead atoms. The molecule has 0 fully saturated rings. The van der Waals surface area contributed by atoms with Crippen LogP contribution in [0.5, 0.6) is 0 Å². The second-order valence-electron chi connectivity index (χ2n) is 5.87. The van der Waals surface area contributed by atoms with E-state index in [1.807, 2.05) is 6.92 Å². The molecule has 0 amide bonds. The summed E-state index contributed by atoms with van der Waals surface area (Å²) in [6.45, 7) is 6.11. The Bertz CT molecular complexity index is 1040. The number of rotatable bonds is 7. The summed E-state index contributed by atoms with van der Waals surface area (Å²) in [5.74, 6) is 0.629. The fraction of sp³-hybridized carbons (Fsp3) is 0.353. The summed E-state index contributed by atoms with van der Waals surface area (Å²) >= 11 is 6.15. The number of aryl methyl sites for hydroxylation is 1. The molecule has 0 N–H and O–H groups in total. The van der Waals surface area contributed by atoms with Crippen molar-refractivity contribution in [3.63, 3.8) is 0 Å². The minimum atomic E-state index is -3.71. The van der Waals surface area contributed by atoms with E-state index in [0.29, 0.717) is 36.6 Å². The molecule has 0 radical (unpaired) electrons. The van der Waals surface area contributed by atoms with E-state index in [9.17, 15) is 8.42 Å². The number of benzene rings is 1. The molecular weight excluding hydrogens is 392 g/mol. The van der Waals surface area contributed by atoms with Gasteiger partial charge in [0, 0.05) is 24.2 Å². The molecule has 2 aromatic heterocycles. The van der Waals surface area contributed by atoms with Crippen LogP contribution in [0.1, 0.15) is 30.9 Å². The molecule has 2 heterocycles. The number of hydrogen-bond acceptors (Lipinski definition) is 7. The van der Waals surface area contributed by atoms with E-state index in [1.54, 1.807) is 26.2 Å². The lowest BCUT2D eigenvalue weighted by molar-refractivity contribution is 0.408. The smallest absolute Gasteiger partial charge is 0.257 e. The van der Waals surface area contributed by atoms with Crippen molar-refractivity contribution in [2.45, 2.75) is 32.1 Å². The maximum atomic E-state index is 12.8. The van der Waals surface area contributed by atoms with Crippen LogP contribution < -0.4 is 0 Å². The third kappa shape index (κ3) is 3.90. The standard InChI is InChI=1S/C17H19ClN4O4S/c1-4-22(5-2)27(23,24)15-8-12(6-7-13(15)18)17-19-16(21-26-17)9-14-11(3)10-25-20-14/h6-8,10H,4-5,9H2,1-3H3. The molecule has 1 aromatic carbocycles. The first-order chi connectivity index (χ1) is 12.9. The molecule has 0 atom stereocenters. The van der Waals surface area contributed by atoms with Crippen LogP contribution in [0.15, 0.2) is 38.4 Å². The van der Waals surface area contributed by atoms with Gasteiger partial charge < -0.3 is 9.05 Å². The van der Waals surface area contributed by atoms with Crippen LogP contribution in [0.25, 0.3) is 11.5 Å². The van der Waals surface area contributed by atoms with E-state index in [1.165, 1.54) is 16.4 Å². The minimum Gasteiger partial charge on any atom is -0.364 e. The summed E-state index contributed by atoms with van der Waals surface area (Å²) < 4.78 is 37.1. The molecule has 27 heavy (non-hydrogen) atoms. The largest absolute Gasteiger partial charge is 0.364 e. The zero-order valence-corrected chi connectivity index (χ0v) is 16.7. The van der Waals surface area contributed by atoms with Gasteiger partial charge in [0.15, 0.2) is 5.82 Å². The Kier molecular flexibility index (Phi) is 5.64. The Morgan fingerprint density at radius 2 is 1.93 bits per heavy atom. The number of halogens is 1. The molecule has 0 unspecified atom stereocenters. The Balaban J connectivity index is 1.94. The summed E-state index contributed by atoms with van der Waals surface area (Å²) in [6, 6.07) is 4.61. The molecule has 0 aliphatic heterocycles. The topological polar surface area (TPSA) is 102 Å². The lowest BCUT2D eigenvalue weighted by Crippen LogP contribution is -2.30. The Labute approximate surface area is 162 Å². The van der Waals surface area contributed by atoms with Crippen molar-refractivity contribution >= 4 is 21.6 Å². The van der Waals surface area contributed by atoms with E-state index in [0.717, 1.165) is 5.56 Å². The summed E-state index contributed by atoms with van der Waals surface area (Å²) in [6.07, 6.45) is 1.89. The van der Waals surface area contributed by atoms with Gasteiger partial charge in [0.25, 0.3) is 5.89 Å². The lowest BCUT2D eigenvalue weighted by atomic mass is 10.2. The molecule has 10 heteroatoms. The van der Waals surface area contributed by atoms with Gasteiger partial charge in [0.1, 0.15) is 11.2 Å². The zero-order valence-electron chi connectivity index (χ0n) is 15.1. The Morgan fingerprint density at radius 1 is 1.19 bits per heavy atom. The zero-order chi connectivity index (χ0) is 19.6. The normalized spacial score (nSPS) is 12.0. The summed E-state index contributed by atoms with van der Waals surface area (Å²) in [7, 11) is -3.71. The van der Waals surface area contributed by atoms with Gasteiger partial charge in [-0.2, -0.15) is 9.29 Å². The predicted molar refractivity (Wildman–Crippen MR) is 98.9 cm³/mol. The van der Waals surface area contributed by atoms with Gasteiger partial charge in [-0.3, -0.25) is 0 Å². The van der Waals surface area contributed by atoms with Crippen LogP contribution in [-0.4, -0.2) is 41.1 Å². The molecular formula is C17H19ClN4O4S. The molecule has 8 nitrogen and oxygen atoms in total. The van der Waals surface area contributed by atoms with Crippen molar-refractivity contribution in [3.8, 4) is 11.5 Å². The summed E-state index contributed by atoms with van der Waals surface area (Å²) in [5, 5.41) is 7.96. The molecule has 3 rings (SSSR count). The van der Waals surface area contributed by atoms with Crippen molar-refractivity contribution in [2.75, 3.05) is 13.1 Å². The first-order valence-electron chi connectivity index (χ1n) is 8.39.